The Morgan fingerprint density at radius 2 is 1.93 bits per heavy atom. The number of ether oxygens (including phenoxy) is 1. The third-order valence-corrected chi connectivity index (χ3v) is 5.58. The van der Waals surface area contributed by atoms with Gasteiger partial charge in [0.05, 0.1) is 5.56 Å². The molecule has 3 rings (SSSR count). The van der Waals surface area contributed by atoms with Gasteiger partial charge in [0, 0.05) is 7.05 Å². The first-order valence-corrected chi connectivity index (χ1v) is 9.28. The van der Waals surface area contributed by atoms with Crippen molar-refractivity contribution in [2.24, 2.45) is 16.6 Å². The van der Waals surface area contributed by atoms with E-state index in [0.717, 1.165) is 31.7 Å². The largest absolute Gasteiger partial charge is 0.490 e. The third kappa shape index (κ3) is 4.15. The number of nitrogens with zero attached hydrogens (tertiary/aromatic N) is 2. The van der Waals surface area contributed by atoms with Crippen LogP contribution in [0.5, 0.6) is 5.75 Å². The molecule has 150 valence electrons. The number of aliphatic hydroxyl groups is 1. The highest BCUT2D eigenvalue weighted by Gasteiger charge is 2.48. The molecule has 0 aromatic heterocycles. The number of aliphatic hydroxyl groups excluding tert-OH is 1. The maximum atomic E-state index is 13.2. The molecule has 5 nitrogen and oxygen atoms in total. The number of guanidine groups is 1. The Bertz CT molecular complexity index is 689. The van der Waals surface area contributed by atoms with Crippen molar-refractivity contribution in [3.8, 4) is 5.75 Å². The lowest BCUT2D eigenvalue weighted by atomic mass is 9.79. The summed E-state index contributed by atoms with van der Waals surface area (Å²) in [5.41, 5.74) is 3.99. The van der Waals surface area contributed by atoms with Gasteiger partial charge in [-0.2, -0.15) is 13.2 Å². The third-order valence-electron chi connectivity index (χ3n) is 5.58. The first-order chi connectivity index (χ1) is 12.7. The summed E-state index contributed by atoms with van der Waals surface area (Å²) >= 11 is 0. The van der Waals surface area contributed by atoms with Crippen LogP contribution >= 0.6 is 0 Å². The van der Waals surface area contributed by atoms with Crippen molar-refractivity contribution in [1.29, 1.82) is 0 Å². The van der Waals surface area contributed by atoms with Gasteiger partial charge < -0.3 is 20.5 Å². The number of hydrogen-bond acceptors (Lipinski definition) is 5. The summed E-state index contributed by atoms with van der Waals surface area (Å²) in [7, 11) is 1.62. The van der Waals surface area contributed by atoms with Crippen LogP contribution in [0.3, 0.4) is 0 Å². The van der Waals surface area contributed by atoms with Crippen LogP contribution in [-0.4, -0.2) is 41.4 Å². The van der Waals surface area contributed by atoms with Crippen LogP contribution in [-0.2, 0) is 6.18 Å². The van der Waals surface area contributed by atoms with Gasteiger partial charge in [-0.05, 0) is 24.5 Å². The molecule has 1 saturated carbocycles. The molecule has 27 heavy (non-hydrogen) atoms. The van der Waals surface area contributed by atoms with Crippen LogP contribution in [0, 0.1) is 5.92 Å². The van der Waals surface area contributed by atoms with E-state index in [0.29, 0.717) is 12.3 Å². The smallest absolute Gasteiger partial charge is 0.419 e. The lowest BCUT2D eigenvalue weighted by Gasteiger charge is -2.36. The predicted molar refractivity (Wildman–Crippen MR) is 96.3 cm³/mol. The minimum Gasteiger partial charge on any atom is -0.490 e. The second-order valence-corrected chi connectivity index (χ2v) is 7.55. The van der Waals surface area contributed by atoms with Crippen LogP contribution in [0.2, 0.25) is 0 Å². The molecule has 0 saturated heterocycles. The molecule has 1 aliphatic heterocycles. The van der Waals surface area contributed by atoms with E-state index in [4.69, 9.17) is 10.5 Å². The lowest BCUT2D eigenvalue weighted by Crippen LogP contribution is -2.50. The van der Waals surface area contributed by atoms with E-state index in [2.05, 4.69) is 4.99 Å². The molecule has 1 aliphatic carbocycles. The number of halogens is 3. The van der Waals surface area contributed by atoms with E-state index in [1.165, 1.54) is 29.5 Å². The molecule has 1 heterocycles. The van der Waals surface area contributed by atoms with Crippen LogP contribution < -0.4 is 10.5 Å². The van der Waals surface area contributed by atoms with E-state index in [1.54, 1.807) is 7.05 Å². The normalized spacial score (nSPS) is 26.9. The highest BCUT2D eigenvalue weighted by molar-refractivity contribution is 5.80. The van der Waals surface area contributed by atoms with Crippen molar-refractivity contribution < 1.29 is 23.0 Å². The quantitative estimate of drug-likeness (QED) is 0.815. The number of benzene rings is 1. The van der Waals surface area contributed by atoms with Crippen molar-refractivity contribution >= 4 is 5.96 Å². The fourth-order valence-electron chi connectivity index (χ4n) is 4.09. The topological polar surface area (TPSA) is 71.1 Å². The highest BCUT2D eigenvalue weighted by atomic mass is 19.4. The van der Waals surface area contributed by atoms with Crippen LogP contribution in [0.1, 0.15) is 44.1 Å². The Balaban J connectivity index is 1.83. The number of nitrogens with two attached hydrogens (primary N) is 1. The number of para-hydroxylation sites is 1. The number of rotatable bonds is 5. The zero-order chi connectivity index (χ0) is 19.7. The van der Waals surface area contributed by atoms with Crippen LogP contribution in [0.25, 0.3) is 0 Å². The summed E-state index contributed by atoms with van der Waals surface area (Å²) in [6.07, 6.45) is 0.450. The van der Waals surface area contributed by atoms with Gasteiger partial charge in [-0.3, -0.25) is 0 Å². The Hall–Kier alpha value is -1.96. The SMILES string of the molecule is CN1C(N)=NC(COc2ccccc2C(F)(F)F)(CC2CCCCC2)C1O. The number of hydrogen-bond donors (Lipinski definition) is 2. The standard InChI is InChI=1S/C19H26F3N3O2/c1-25-16(26)18(24-17(25)23,11-13-7-3-2-4-8-13)12-27-15-10-6-5-9-14(15)19(20,21)22/h5-6,9-10,13,16,26H,2-4,7-8,11-12H2,1H3,(H2,23,24). The lowest BCUT2D eigenvalue weighted by molar-refractivity contribution is -0.139. The second kappa shape index (κ2) is 7.58. The zero-order valence-electron chi connectivity index (χ0n) is 15.4. The van der Waals surface area contributed by atoms with E-state index in [-0.39, 0.29) is 18.3 Å². The number of aliphatic imine (C=N–C) groups is 1. The molecule has 0 bridgehead atoms. The zero-order valence-corrected chi connectivity index (χ0v) is 15.4. The van der Waals surface area contributed by atoms with Gasteiger partial charge >= 0.3 is 6.18 Å². The average Bonchev–Trinajstić information content (AvgIpc) is 2.84. The molecule has 0 spiro atoms. The second-order valence-electron chi connectivity index (χ2n) is 7.55. The van der Waals surface area contributed by atoms with Crippen LogP contribution in [0.15, 0.2) is 29.3 Å². The Morgan fingerprint density at radius 3 is 2.52 bits per heavy atom. The van der Waals surface area contributed by atoms with Crippen molar-refractivity contribution in [3.63, 3.8) is 0 Å². The van der Waals surface area contributed by atoms with Gasteiger partial charge in [0.25, 0.3) is 0 Å². The average molecular weight is 385 g/mol. The van der Waals surface area contributed by atoms with E-state index < -0.39 is 23.5 Å². The molecular weight excluding hydrogens is 359 g/mol. The van der Waals surface area contributed by atoms with Gasteiger partial charge in [0.1, 0.15) is 17.9 Å². The van der Waals surface area contributed by atoms with Crippen molar-refractivity contribution in [3.05, 3.63) is 29.8 Å². The monoisotopic (exact) mass is 385 g/mol. The highest BCUT2D eigenvalue weighted by Crippen LogP contribution is 2.40. The number of alkyl halides is 3. The van der Waals surface area contributed by atoms with E-state index in [1.807, 2.05) is 0 Å². The molecule has 2 atom stereocenters. The summed E-state index contributed by atoms with van der Waals surface area (Å²) in [5.74, 6) is 0.257. The molecule has 2 unspecified atom stereocenters. The van der Waals surface area contributed by atoms with E-state index >= 15 is 0 Å². The minimum absolute atomic E-state index is 0.164. The van der Waals surface area contributed by atoms with Gasteiger partial charge in [-0.15, -0.1) is 0 Å². The maximum absolute atomic E-state index is 13.2. The minimum atomic E-state index is -4.51. The maximum Gasteiger partial charge on any atom is 0.419 e. The molecule has 1 aromatic carbocycles. The molecule has 3 N–H and O–H groups in total. The summed E-state index contributed by atoms with van der Waals surface area (Å²) in [6.45, 7) is -0.164. The van der Waals surface area contributed by atoms with Crippen LogP contribution in [0.4, 0.5) is 13.2 Å². The molecular formula is C19H26F3N3O2. The molecule has 8 heteroatoms. The van der Waals surface area contributed by atoms with Crippen molar-refractivity contribution in [1.82, 2.24) is 4.90 Å². The predicted octanol–water partition coefficient (Wildman–Crippen LogP) is 3.37. The van der Waals surface area contributed by atoms with Gasteiger partial charge in [0.15, 0.2) is 12.2 Å². The Kier molecular flexibility index (Phi) is 5.55. The van der Waals surface area contributed by atoms with Gasteiger partial charge in [-0.25, -0.2) is 4.99 Å². The molecule has 2 aliphatic rings. The summed E-state index contributed by atoms with van der Waals surface area (Å²) in [6, 6.07) is 5.09. The molecule has 0 radical (unpaired) electrons. The molecule has 1 aromatic rings. The van der Waals surface area contributed by atoms with Gasteiger partial charge in [0.2, 0.25) is 0 Å². The Labute approximate surface area is 157 Å². The van der Waals surface area contributed by atoms with Gasteiger partial charge in [-0.1, -0.05) is 44.2 Å². The first kappa shape index (κ1) is 19.8. The summed E-state index contributed by atoms with van der Waals surface area (Å²) in [5, 5.41) is 10.7. The molecule has 0 amide bonds. The first-order valence-electron chi connectivity index (χ1n) is 9.28. The Morgan fingerprint density at radius 1 is 1.26 bits per heavy atom. The van der Waals surface area contributed by atoms with Crippen molar-refractivity contribution in [2.45, 2.75) is 56.5 Å². The van der Waals surface area contributed by atoms with E-state index in [9.17, 15) is 18.3 Å². The molecule has 1 fully saturated rings. The summed E-state index contributed by atoms with van der Waals surface area (Å²) in [4.78, 5) is 5.89. The van der Waals surface area contributed by atoms with Crippen molar-refractivity contribution in [2.75, 3.05) is 13.7 Å². The summed E-state index contributed by atoms with van der Waals surface area (Å²) < 4.78 is 45.3. The fourth-order valence-corrected chi connectivity index (χ4v) is 4.09. The fraction of sp³-hybridized carbons (Fsp3) is 0.632. The number of likely N-dealkylation sites (N-methyl/N-ethyl adjacent to an activating group) is 1.